The molecule has 3 saturated carbocycles. The Labute approximate surface area is 307 Å². The van der Waals surface area contributed by atoms with Crippen molar-refractivity contribution in [3.63, 3.8) is 0 Å². The van der Waals surface area contributed by atoms with Crippen LogP contribution in [0.2, 0.25) is 0 Å². The first-order valence-electron chi connectivity index (χ1n) is 18.6. The standard InChI is InChI=1S/C40H56N4O8/c1-22-30-18-27(40(30,3)4)19-31(22)41-37(47)35-34(23(2)46)33(21-45)52-44(35)20-24-11-9-12-29(36(24)50-7)25-15-26(17-28(16-25)42(5)6)38(48)43-14-10-13-32(43)39(49)51-8/h9,11-12,15-17,22-23,27,30-35,45-46H,10,13-14,18-21H2,1-8H3,(H,41,47)/t22-,23-,27?,30-,31-,32-,33-,34+,35-/m0/s1. The van der Waals surface area contributed by atoms with Crippen molar-refractivity contribution in [3.05, 3.63) is 47.5 Å². The number of carbonyl (C=O) groups is 3. The molecule has 0 spiro atoms. The van der Waals surface area contributed by atoms with Crippen LogP contribution in [0.4, 0.5) is 5.69 Å². The van der Waals surface area contributed by atoms with Crippen molar-refractivity contribution in [2.24, 2.45) is 29.1 Å². The number of para-hydroxylation sites is 1. The van der Waals surface area contributed by atoms with E-state index >= 15 is 0 Å². The molecule has 2 aliphatic heterocycles. The molecule has 3 aliphatic carbocycles. The number of nitrogens with zero attached hydrogens (tertiary/aromatic N) is 3. The summed E-state index contributed by atoms with van der Waals surface area (Å²) in [7, 11) is 6.72. The number of hydroxylamine groups is 2. The number of benzene rings is 2. The van der Waals surface area contributed by atoms with Crippen molar-refractivity contribution in [1.29, 1.82) is 0 Å². The summed E-state index contributed by atoms with van der Waals surface area (Å²) in [6.45, 7) is 8.76. The second-order valence-electron chi connectivity index (χ2n) is 16.1. The Morgan fingerprint density at radius 3 is 2.50 bits per heavy atom. The molecule has 2 saturated heterocycles. The van der Waals surface area contributed by atoms with Crippen LogP contribution in [0.5, 0.6) is 5.75 Å². The summed E-state index contributed by atoms with van der Waals surface area (Å²) >= 11 is 0. The number of fused-ring (bicyclic) bond motifs is 2. The van der Waals surface area contributed by atoms with Crippen LogP contribution in [-0.4, -0.2) is 110 Å². The zero-order valence-corrected chi connectivity index (χ0v) is 31.8. The number of rotatable bonds is 11. The minimum Gasteiger partial charge on any atom is -0.496 e. The molecule has 284 valence electrons. The zero-order valence-electron chi connectivity index (χ0n) is 31.8. The first-order chi connectivity index (χ1) is 24.7. The molecule has 5 fully saturated rings. The number of methoxy groups -OCH3 is 2. The second kappa shape index (κ2) is 15.0. The van der Waals surface area contributed by atoms with Gasteiger partial charge in [-0.2, -0.15) is 5.06 Å². The van der Waals surface area contributed by atoms with Gasteiger partial charge in [-0.1, -0.05) is 39.0 Å². The molecule has 2 aromatic carbocycles. The van der Waals surface area contributed by atoms with Crippen molar-refractivity contribution in [1.82, 2.24) is 15.3 Å². The average molecular weight is 721 g/mol. The number of anilines is 1. The molecule has 5 aliphatic rings. The van der Waals surface area contributed by atoms with Gasteiger partial charge in [0.2, 0.25) is 5.91 Å². The second-order valence-corrected chi connectivity index (χ2v) is 16.1. The maximum Gasteiger partial charge on any atom is 0.328 e. The van der Waals surface area contributed by atoms with Crippen molar-refractivity contribution in [3.8, 4) is 16.9 Å². The maximum atomic E-state index is 14.2. The summed E-state index contributed by atoms with van der Waals surface area (Å²) in [5.41, 5.74) is 3.70. The Bertz CT molecular complexity index is 1660. The number of hydrogen-bond acceptors (Lipinski definition) is 10. The SMILES string of the molecule is COC(=O)[C@@H]1CCCN1C(=O)c1cc(-c2cccc(CN3O[C@@H](CO)[C@@H]([C@H](C)O)[C@H]3C(=O)N[C@H]3CC4C[C@@H]([C@@H]3C)C4(C)C)c2OC)cc(N(C)C)c1. The Kier molecular flexibility index (Phi) is 10.9. The van der Waals surface area contributed by atoms with Crippen LogP contribution in [0.3, 0.4) is 0 Å². The molecule has 0 radical (unpaired) electrons. The highest BCUT2D eigenvalue weighted by molar-refractivity contribution is 5.99. The van der Waals surface area contributed by atoms with Crippen LogP contribution in [-0.2, 0) is 25.7 Å². The van der Waals surface area contributed by atoms with E-state index in [0.29, 0.717) is 48.5 Å². The van der Waals surface area contributed by atoms with E-state index in [0.717, 1.165) is 28.8 Å². The van der Waals surface area contributed by atoms with Crippen molar-refractivity contribution >= 4 is 23.5 Å². The van der Waals surface area contributed by atoms with Gasteiger partial charge in [0.05, 0.1) is 33.5 Å². The predicted octanol–water partition coefficient (Wildman–Crippen LogP) is 3.87. The average Bonchev–Trinajstić information content (AvgIpc) is 3.76. The van der Waals surface area contributed by atoms with Crippen molar-refractivity contribution in [2.75, 3.05) is 46.4 Å². The van der Waals surface area contributed by atoms with Crippen molar-refractivity contribution in [2.45, 2.75) is 90.3 Å². The van der Waals surface area contributed by atoms with E-state index in [4.69, 9.17) is 14.3 Å². The fourth-order valence-electron chi connectivity index (χ4n) is 9.53. The summed E-state index contributed by atoms with van der Waals surface area (Å²) in [6, 6.07) is 9.86. The number of amides is 2. The van der Waals surface area contributed by atoms with E-state index in [1.54, 1.807) is 24.0 Å². The first-order valence-corrected chi connectivity index (χ1v) is 18.6. The van der Waals surface area contributed by atoms with Gasteiger partial charge >= 0.3 is 5.97 Å². The third-order valence-electron chi connectivity index (χ3n) is 12.7. The van der Waals surface area contributed by atoms with Gasteiger partial charge in [0.1, 0.15) is 23.9 Å². The van der Waals surface area contributed by atoms with E-state index in [9.17, 15) is 24.6 Å². The van der Waals surface area contributed by atoms with E-state index in [2.05, 4.69) is 26.1 Å². The number of nitrogens with one attached hydrogen (secondary N) is 1. The number of esters is 1. The molecule has 52 heavy (non-hydrogen) atoms. The Hall–Kier alpha value is -3.71. The lowest BCUT2D eigenvalue weighted by Crippen LogP contribution is -2.62. The first kappa shape index (κ1) is 38.0. The summed E-state index contributed by atoms with van der Waals surface area (Å²) in [4.78, 5) is 50.4. The van der Waals surface area contributed by atoms with Crippen LogP contribution in [0, 0.1) is 29.1 Å². The van der Waals surface area contributed by atoms with Crippen LogP contribution >= 0.6 is 0 Å². The molecule has 2 aromatic rings. The molecule has 7 rings (SSSR count). The quantitative estimate of drug-likeness (QED) is 0.293. The topological polar surface area (TPSA) is 141 Å². The lowest BCUT2D eigenvalue weighted by atomic mass is 9.45. The van der Waals surface area contributed by atoms with E-state index < -0.39 is 36.2 Å². The number of aliphatic hydroxyl groups is 2. The lowest BCUT2D eigenvalue weighted by molar-refractivity contribution is -0.183. The summed E-state index contributed by atoms with van der Waals surface area (Å²) < 4.78 is 11.0. The Balaban J connectivity index is 1.31. The fraction of sp³-hybridized carbons (Fsp3) is 0.625. The number of carbonyl (C=O) groups excluding carboxylic acids is 3. The molecular weight excluding hydrogens is 664 g/mol. The lowest BCUT2D eigenvalue weighted by Gasteiger charge is -2.62. The summed E-state index contributed by atoms with van der Waals surface area (Å²) in [5, 5.41) is 26.2. The molecule has 12 nitrogen and oxygen atoms in total. The number of aliphatic hydroxyl groups excluding tert-OH is 2. The van der Waals surface area contributed by atoms with Gasteiger partial charge in [-0.25, -0.2) is 4.79 Å². The Morgan fingerprint density at radius 1 is 1.13 bits per heavy atom. The van der Waals surface area contributed by atoms with Gasteiger partial charge in [0, 0.05) is 55.0 Å². The predicted molar refractivity (Wildman–Crippen MR) is 196 cm³/mol. The van der Waals surface area contributed by atoms with Gasteiger partial charge in [-0.05, 0) is 79.5 Å². The normalized spacial score (nSPS) is 30.0. The van der Waals surface area contributed by atoms with Gasteiger partial charge in [0.25, 0.3) is 5.91 Å². The minimum absolute atomic E-state index is 0.0242. The van der Waals surface area contributed by atoms with E-state index in [1.165, 1.54) is 13.5 Å². The van der Waals surface area contributed by atoms with Gasteiger partial charge in [-0.15, -0.1) is 0 Å². The molecular formula is C40H56N4O8. The number of ether oxygens (including phenoxy) is 2. The summed E-state index contributed by atoms with van der Waals surface area (Å²) in [6.07, 6.45) is 1.69. The molecule has 2 amide bonds. The molecule has 2 heterocycles. The van der Waals surface area contributed by atoms with Crippen LogP contribution in [0.1, 0.15) is 69.3 Å². The summed E-state index contributed by atoms with van der Waals surface area (Å²) in [5.74, 6) is 0.416. The molecule has 3 N–H and O–H groups in total. The fourth-order valence-corrected chi connectivity index (χ4v) is 9.53. The van der Waals surface area contributed by atoms with E-state index in [1.807, 2.05) is 55.4 Å². The van der Waals surface area contributed by atoms with E-state index in [-0.39, 0.29) is 36.4 Å². The molecule has 9 atom stereocenters. The zero-order chi connectivity index (χ0) is 37.6. The van der Waals surface area contributed by atoms with Crippen molar-refractivity contribution < 1.29 is 38.9 Å². The largest absolute Gasteiger partial charge is 0.496 e. The third-order valence-corrected chi connectivity index (χ3v) is 12.7. The third kappa shape index (κ3) is 6.79. The Morgan fingerprint density at radius 2 is 1.88 bits per heavy atom. The highest BCUT2D eigenvalue weighted by Gasteiger charge is 2.57. The molecule has 12 heteroatoms. The molecule has 1 unspecified atom stereocenters. The van der Waals surface area contributed by atoms with Crippen LogP contribution in [0.25, 0.3) is 11.1 Å². The smallest absolute Gasteiger partial charge is 0.328 e. The highest BCUT2D eigenvalue weighted by Crippen LogP contribution is 2.61. The minimum atomic E-state index is -0.915. The number of likely N-dealkylation sites (tertiary alicyclic amines) is 1. The van der Waals surface area contributed by atoms with Gasteiger partial charge < -0.3 is 34.8 Å². The van der Waals surface area contributed by atoms with Crippen LogP contribution < -0.4 is 15.0 Å². The monoisotopic (exact) mass is 720 g/mol. The maximum absolute atomic E-state index is 14.2. The van der Waals surface area contributed by atoms with Gasteiger partial charge in [-0.3, -0.25) is 14.4 Å². The highest BCUT2D eigenvalue weighted by atomic mass is 16.7. The van der Waals surface area contributed by atoms with Crippen LogP contribution in [0.15, 0.2) is 36.4 Å². The molecule has 2 bridgehead atoms. The molecule has 0 aromatic heterocycles. The van der Waals surface area contributed by atoms with Gasteiger partial charge in [0.15, 0.2) is 0 Å². The number of hydrogen-bond donors (Lipinski definition) is 3.